The first-order valence-electron chi connectivity index (χ1n) is 11.6. The largest absolute Gasteiger partial charge is 0.490 e. The number of amides is 2. The zero-order chi connectivity index (χ0) is 28.5. The summed E-state index contributed by atoms with van der Waals surface area (Å²) in [4.78, 5) is 24.5. The van der Waals surface area contributed by atoms with Crippen molar-refractivity contribution in [2.45, 2.75) is 31.7 Å². The summed E-state index contributed by atoms with van der Waals surface area (Å²) in [5.74, 6) is -1.42. The Morgan fingerprint density at radius 1 is 1.21 bits per heavy atom. The molecule has 2 amide bonds. The Hall–Kier alpha value is -3.22. The van der Waals surface area contributed by atoms with Crippen molar-refractivity contribution in [1.82, 2.24) is 9.80 Å². The lowest BCUT2D eigenvalue weighted by Crippen LogP contribution is -2.35. The van der Waals surface area contributed by atoms with E-state index in [0.717, 1.165) is 30.8 Å². The van der Waals surface area contributed by atoms with Crippen LogP contribution in [0.25, 0.3) is 0 Å². The molecule has 2 unspecified atom stereocenters. The monoisotopic (exact) mass is 561 g/mol. The number of carboxylic acids is 1. The third kappa shape index (κ3) is 10.6. The number of likely N-dealkylation sites (tertiary alicyclic amines) is 1. The van der Waals surface area contributed by atoms with Crippen molar-refractivity contribution in [2.24, 2.45) is 0 Å². The van der Waals surface area contributed by atoms with E-state index < -0.39 is 18.2 Å². The van der Waals surface area contributed by atoms with Crippen LogP contribution in [0.5, 0.6) is 11.5 Å². The highest BCUT2D eigenvalue weighted by Gasteiger charge is 2.38. The van der Waals surface area contributed by atoms with Crippen LogP contribution in [0, 0.1) is 6.92 Å². The van der Waals surface area contributed by atoms with Crippen molar-refractivity contribution in [3.8, 4) is 11.5 Å². The lowest BCUT2D eigenvalue weighted by atomic mass is 10.2. The molecule has 0 radical (unpaired) electrons. The number of carboxylic acid groups (broad SMARTS) is 1. The van der Waals surface area contributed by atoms with Crippen molar-refractivity contribution >= 4 is 29.3 Å². The molecule has 0 bridgehead atoms. The number of anilines is 1. The van der Waals surface area contributed by atoms with Crippen molar-refractivity contribution in [3.05, 3.63) is 53.1 Å². The van der Waals surface area contributed by atoms with Gasteiger partial charge in [-0.25, -0.2) is 9.59 Å². The Labute approximate surface area is 223 Å². The molecule has 0 spiro atoms. The first-order valence-corrected chi connectivity index (χ1v) is 12.0. The number of nitrogens with zero attached hydrogens (tertiary/aromatic N) is 2. The van der Waals surface area contributed by atoms with Gasteiger partial charge in [0.15, 0.2) is 0 Å². The number of nitrogens with one attached hydrogen (secondary N) is 1. The third-order valence-corrected chi connectivity index (χ3v) is 5.53. The number of carbonyl (C=O) groups excluding carboxylic acids is 1. The molecule has 1 fully saturated rings. The SMILES string of the molecule is Cc1ccc(NC(=O)N(C)C)c(OCC(O)CN2CCC(Oc3ccc(Cl)cc3)C2)c1.O=C(O)C(F)(F)F. The van der Waals surface area contributed by atoms with Gasteiger partial charge >= 0.3 is 18.2 Å². The fraction of sp³-hybridized carbons (Fsp3) is 0.440. The molecule has 9 nitrogen and oxygen atoms in total. The second kappa shape index (κ2) is 14.1. The number of rotatable bonds is 8. The van der Waals surface area contributed by atoms with Crippen LogP contribution in [0.2, 0.25) is 5.02 Å². The summed E-state index contributed by atoms with van der Waals surface area (Å²) in [6, 6.07) is 12.7. The Morgan fingerprint density at radius 2 is 1.84 bits per heavy atom. The van der Waals surface area contributed by atoms with Crippen molar-refractivity contribution < 1.29 is 42.4 Å². The number of aliphatic hydroxyl groups is 1. The molecule has 1 saturated heterocycles. The van der Waals surface area contributed by atoms with Gasteiger partial charge in [0.05, 0.1) is 5.69 Å². The van der Waals surface area contributed by atoms with Gasteiger partial charge in [-0.2, -0.15) is 13.2 Å². The predicted molar refractivity (Wildman–Crippen MR) is 136 cm³/mol. The molecule has 210 valence electrons. The molecular weight excluding hydrogens is 531 g/mol. The zero-order valence-electron chi connectivity index (χ0n) is 21.2. The molecule has 0 aromatic heterocycles. The quantitative estimate of drug-likeness (QED) is 0.441. The van der Waals surface area contributed by atoms with E-state index >= 15 is 0 Å². The van der Waals surface area contributed by atoms with E-state index in [1.807, 2.05) is 43.3 Å². The molecule has 1 aliphatic rings. The van der Waals surface area contributed by atoms with Gasteiger partial charge in [-0.15, -0.1) is 0 Å². The van der Waals surface area contributed by atoms with Crippen LogP contribution in [-0.2, 0) is 4.79 Å². The highest BCUT2D eigenvalue weighted by Crippen LogP contribution is 2.26. The van der Waals surface area contributed by atoms with Crippen LogP contribution in [0.1, 0.15) is 12.0 Å². The van der Waals surface area contributed by atoms with E-state index in [1.165, 1.54) is 4.90 Å². The van der Waals surface area contributed by atoms with Crippen LogP contribution < -0.4 is 14.8 Å². The fourth-order valence-corrected chi connectivity index (χ4v) is 3.51. The molecule has 1 heterocycles. The molecule has 38 heavy (non-hydrogen) atoms. The molecule has 1 aliphatic heterocycles. The fourth-order valence-electron chi connectivity index (χ4n) is 3.38. The number of aryl methyl sites for hydroxylation is 1. The number of alkyl halides is 3. The summed E-state index contributed by atoms with van der Waals surface area (Å²) in [6.07, 6.45) is -4.76. The number of aliphatic carboxylic acids is 1. The highest BCUT2D eigenvalue weighted by atomic mass is 35.5. The zero-order valence-corrected chi connectivity index (χ0v) is 21.9. The summed E-state index contributed by atoms with van der Waals surface area (Å²) in [7, 11) is 3.35. The van der Waals surface area contributed by atoms with E-state index in [-0.39, 0.29) is 18.7 Å². The third-order valence-electron chi connectivity index (χ3n) is 5.27. The van der Waals surface area contributed by atoms with E-state index in [9.17, 15) is 23.1 Å². The Balaban J connectivity index is 0.000000638. The molecule has 2 aromatic rings. The molecule has 0 saturated carbocycles. The van der Waals surface area contributed by atoms with Crippen LogP contribution in [0.3, 0.4) is 0 Å². The van der Waals surface area contributed by atoms with Crippen LogP contribution in [0.4, 0.5) is 23.7 Å². The van der Waals surface area contributed by atoms with E-state index in [1.54, 1.807) is 20.2 Å². The average Bonchev–Trinajstić information content (AvgIpc) is 3.26. The van der Waals surface area contributed by atoms with Crippen LogP contribution in [0.15, 0.2) is 42.5 Å². The minimum Gasteiger partial charge on any atom is -0.489 e. The second-order valence-corrected chi connectivity index (χ2v) is 9.27. The molecule has 13 heteroatoms. The van der Waals surface area contributed by atoms with Crippen molar-refractivity contribution in [3.63, 3.8) is 0 Å². The van der Waals surface area contributed by atoms with Gasteiger partial charge in [-0.05, 0) is 55.3 Å². The summed E-state index contributed by atoms with van der Waals surface area (Å²) < 4.78 is 43.6. The van der Waals surface area contributed by atoms with Crippen LogP contribution in [-0.4, -0.2) is 90.7 Å². The van der Waals surface area contributed by atoms with Gasteiger partial charge in [0.25, 0.3) is 0 Å². The maximum absolute atomic E-state index is 12.0. The summed E-state index contributed by atoms with van der Waals surface area (Å²) in [5, 5.41) is 21.1. The smallest absolute Gasteiger partial charge is 0.489 e. The van der Waals surface area contributed by atoms with Crippen LogP contribution >= 0.6 is 11.6 Å². The molecule has 2 atom stereocenters. The predicted octanol–water partition coefficient (Wildman–Crippen LogP) is 4.27. The number of aliphatic hydroxyl groups excluding tert-OH is 1. The van der Waals surface area contributed by atoms with Gasteiger partial charge in [0.2, 0.25) is 0 Å². The molecular formula is C25H31ClF3N3O6. The van der Waals surface area contributed by atoms with E-state index in [0.29, 0.717) is 23.0 Å². The van der Waals surface area contributed by atoms with Gasteiger partial charge < -0.3 is 29.9 Å². The Kier molecular flexibility index (Phi) is 11.5. The first-order chi connectivity index (χ1) is 17.7. The van der Waals surface area contributed by atoms with Crippen molar-refractivity contribution in [1.29, 1.82) is 0 Å². The summed E-state index contributed by atoms with van der Waals surface area (Å²) in [6.45, 7) is 4.17. The minimum atomic E-state index is -5.08. The Morgan fingerprint density at radius 3 is 2.42 bits per heavy atom. The number of urea groups is 1. The lowest BCUT2D eigenvalue weighted by molar-refractivity contribution is -0.192. The first kappa shape index (κ1) is 31.0. The normalized spacial score (nSPS) is 16.2. The van der Waals surface area contributed by atoms with Gasteiger partial charge in [0.1, 0.15) is 30.3 Å². The number of β-amino-alcohol motifs (C(OH)–C–C–N with tert-alkyl or cyclic N) is 1. The maximum Gasteiger partial charge on any atom is 0.490 e. The van der Waals surface area contributed by atoms with Gasteiger partial charge in [-0.1, -0.05) is 17.7 Å². The van der Waals surface area contributed by atoms with Crippen molar-refractivity contribution in [2.75, 3.05) is 45.7 Å². The number of halogens is 4. The number of benzene rings is 2. The molecule has 0 aliphatic carbocycles. The number of hydrogen-bond acceptors (Lipinski definition) is 6. The number of ether oxygens (including phenoxy) is 2. The molecule has 3 N–H and O–H groups in total. The second-order valence-electron chi connectivity index (χ2n) is 8.83. The lowest BCUT2D eigenvalue weighted by Gasteiger charge is -2.21. The standard InChI is InChI=1S/C23H30ClN3O4.C2HF3O2/c1-16-4-9-21(25-23(29)26(2)3)22(12-16)30-15-18(28)13-27-11-10-20(14-27)31-19-7-5-17(24)6-8-19;3-2(4,5)1(6)7/h4-9,12,18,20,28H,10-11,13-15H2,1-3H3,(H,25,29);(H,6,7). The average molecular weight is 562 g/mol. The summed E-state index contributed by atoms with van der Waals surface area (Å²) in [5.41, 5.74) is 1.59. The molecule has 3 rings (SSSR count). The number of hydrogen-bond donors (Lipinski definition) is 3. The van der Waals surface area contributed by atoms with Gasteiger partial charge in [-0.3, -0.25) is 4.90 Å². The molecule has 2 aromatic carbocycles. The van der Waals surface area contributed by atoms with Gasteiger partial charge in [0, 0.05) is 38.8 Å². The number of carbonyl (C=O) groups is 2. The topological polar surface area (TPSA) is 112 Å². The maximum atomic E-state index is 12.0. The summed E-state index contributed by atoms with van der Waals surface area (Å²) >= 11 is 5.91. The van der Waals surface area contributed by atoms with E-state index in [4.69, 9.17) is 31.0 Å². The highest BCUT2D eigenvalue weighted by molar-refractivity contribution is 6.30. The minimum absolute atomic E-state index is 0.0823. The van der Waals surface area contributed by atoms with E-state index in [2.05, 4.69) is 10.2 Å². The Bertz CT molecular complexity index is 1070.